The molecule has 0 radical (unpaired) electrons. The van der Waals surface area contributed by atoms with Crippen LogP contribution >= 0.6 is 0 Å². The van der Waals surface area contributed by atoms with Gasteiger partial charge in [0.25, 0.3) is 0 Å². The van der Waals surface area contributed by atoms with Gasteiger partial charge in [0.1, 0.15) is 19.8 Å². The third-order valence-electron chi connectivity index (χ3n) is 9.47. The van der Waals surface area contributed by atoms with Crippen molar-refractivity contribution in [1.29, 1.82) is 0 Å². The number of nitrogens with zero attached hydrogens (tertiary/aromatic N) is 1. The van der Waals surface area contributed by atoms with Crippen LogP contribution in [0.3, 0.4) is 0 Å². The Kier molecular flexibility index (Phi) is 34.2. The molecule has 1 heterocycles. The van der Waals surface area contributed by atoms with Gasteiger partial charge in [0.05, 0.1) is 18.6 Å². The topological polar surface area (TPSA) is 114 Å². The number of hydrogen-bond donors (Lipinski definition) is 2. The lowest BCUT2D eigenvalue weighted by Gasteiger charge is -2.38. The molecule has 0 bridgehead atoms. The number of unbranched alkanes of at least 4 members (excludes halogenated alkanes) is 13. The Labute approximate surface area is 335 Å². The van der Waals surface area contributed by atoms with Gasteiger partial charge in [-0.2, -0.15) is 0 Å². The Morgan fingerprint density at radius 2 is 1.04 bits per heavy atom. The Morgan fingerprint density at radius 3 is 1.53 bits per heavy atom. The second-order valence-corrected chi connectivity index (χ2v) is 14.7. The van der Waals surface area contributed by atoms with E-state index in [1.54, 1.807) is 0 Å². The molecule has 1 unspecified atom stereocenters. The van der Waals surface area contributed by atoms with E-state index in [4.69, 9.17) is 19.3 Å². The maximum Gasteiger partial charge on any atom is 0.407 e. The van der Waals surface area contributed by atoms with Crippen molar-refractivity contribution in [2.24, 2.45) is 5.92 Å². The fourth-order valence-electron chi connectivity index (χ4n) is 6.07. The summed E-state index contributed by atoms with van der Waals surface area (Å²) in [6, 6.07) is -0.0289. The molecule has 0 aromatic carbocycles. The number of ether oxygens (including phenoxy) is 3. The Morgan fingerprint density at radius 1 is 0.600 bits per heavy atom. The molecule has 1 aliphatic heterocycles. The number of carbonyl (C=O) groups excluding carboxylic acids is 3. The smallest absolute Gasteiger partial charge is 0.407 e. The van der Waals surface area contributed by atoms with E-state index in [2.05, 4.69) is 79.9 Å². The van der Waals surface area contributed by atoms with E-state index in [-0.39, 0.29) is 44.4 Å². The quantitative estimate of drug-likeness (QED) is 0.0280. The van der Waals surface area contributed by atoms with Gasteiger partial charge in [-0.15, -0.1) is 0 Å². The first-order valence-corrected chi connectivity index (χ1v) is 21.8. The van der Waals surface area contributed by atoms with Crippen LogP contribution in [0.25, 0.3) is 0 Å². The maximum absolute atomic E-state index is 12.5. The molecule has 0 saturated carbocycles. The average Bonchev–Trinajstić information content (AvgIpc) is 3.16. The Bertz CT molecular complexity index is 1090. The number of amides is 1. The van der Waals surface area contributed by atoms with Gasteiger partial charge in [0.2, 0.25) is 0 Å². The summed E-state index contributed by atoms with van der Waals surface area (Å²) in [7, 11) is 0. The van der Waals surface area contributed by atoms with Gasteiger partial charge in [-0.05, 0) is 77.0 Å². The molecule has 1 saturated heterocycles. The van der Waals surface area contributed by atoms with Gasteiger partial charge in [0.15, 0.2) is 0 Å². The van der Waals surface area contributed by atoms with Gasteiger partial charge < -0.3 is 24.6 Å². The minimum absolute atomic E-state index is 0.0216. The van der Waals surface area contributed by atoms with E-state index in [9.17, 15) is 14.4 Å². The Balaban J connectivity index is 2.26. The van der Waals surface area contributed by atoms with Crippen LogP contribution < -0.4 is 5.32 Å². The molecule has 0 aromatic rings. The van der Waals surface area contributed by atoms with Gasteiger partial charge >= 0.3 is 18.0 Å². The highest BCUT2D eigenvalue weighted by Crippen LogP contribution is 2.12. The number of carbonyl (C=O) groups is 3. The SMILES string of the molecule is CC/C=C\C/C=C\C/C=C\CCCCCCCC(=O)OCC(COC(=O)CCCCCCC/C=C\C/C=C\CCCCC)COC(=O)NC1CN(CCO)C1. The summed E-state index contributed by atoms with van der Waals surface area (Å²) < 4.78 is 16.5. The van der Waals surface area contributed by atoms with Gasteiger partial charge in [-0.1, -0.05) is 126 Å². The highest BCUT2D eigenvalue weighted by molar-refractivity contribution is 5.70. The molecular weight excluding hydrogens is 693 g/mol. The number of likely N-dealkylation sites (tertiary alicyclic amines) is 1. The molecule has 314 valence electrons. The van der Waals surface area contributed by atoms with Crippen molar-refractivity contribution in [1.82, 2.24) is 10.2 Å². The normalized spacial score (nSPS) is 14.5. The van der Waals surface area contributed by atoms with E-state index in [1.807, 2.05) is 4.90 Å². The lowest BCUT2D eigenvalue weighted by molar-refractivity contribution is -0.150. The predicted molar refractivity (Wildman–Crippen MR) is 226 cm³/mol. The van der Waals surface area contributed by atoms with Crippen molar-refractivity contribution < 1.29 is 33.7 Å². The lowest BCUT2D eigenvalue weighted by Crippen LogP contribution is -2.59. The third kappa shape index (κ3) is 32.8. The number of nitrogens with one attached hydrogen (secondary N) is 1. The molecule has 1 rings (SSSR count). The Hall–Kier alpha value is -3.17. The summed E-state index contributed by atoms with van der Waals surface area (Å²) in [4.78, 5) is 39.4. The van der Waals surface area contributed by atoms with Crippen LogP contribution in [-0.2, 0) is 23.8 Å². The molecule has 9 nitrogen and oxygen atoms in total. The molecule has 1 atom stereocenters. The van der Waals surface area contributed by atoms with Crippen LogP contribution in [0.4, 0.5) is 4.79 Å². The second kappa shape index (κ2) is 37.7. The largest absolute Gasteiger partial charge is 0.465 e. The number of esters is 2. The van der Waals surface area contributed by atoms with Crippen molar-refractivity contribution in [3.8, 4) is 0 Å². The van der Waals surface area contributed by atoms with Gasteiger partial charge in [-0.3, -0.25) is 14.5 Å². The summed E-state index contributed by atoms with van der Waals surface area (Å²) in [6.45, 7) is 6.38. The van der Waals surface area contributed by atoms with Crippen LogP contribution in [-0.4, -0.2) is 80.1 Å². The summed E-state index contributed by atoms with van der Waals surface area (Å²) in [6.07, 6.45) is 44.0. The maximum atomic E-state index is 12.5. The number of hydrogen-bond acceptors (Lipinski definition) is 8. The first-order valence-electron chi connectivity index (χ1n) is 21.8. The minimum atomic E-state index is -0.552. The summed E-state index contributed by atoms with van der Waals surface area (Å²) >= 11 is 0. The third-order valence-corrected chi connectivity index (χ3v) is 9.47. The van der Waals surface area contributed by atoms with Gasteiger partial charge in [0, 0.05) is 32.5 Å². The molecule has 9 heteroatoms. The standard InChI is InChI=1S/C46H78N2O7/c1-3-5-7-9-11-13-15-17-19-21-23-25-27-29-31-33-44(50)53-39-42(41-55-46(52)47-43-37-48(38-43)35-36-49)40-54-45(51)34-32-30-28-26-24-22-20-18-16-14-12-10-8-6-4-2/h5,7,11-14,17-20,42-43,49H,3-4,6,8-10,15-16,21-41H2,1-2H3,(H,47,52)/b7-5-,13-11-,14-12-,19-17-,20-18-. The zero-order chi connectivity index (χ0) is 39.9. The predicted octanol–water partition coefficient (Wildman–Crippen LogP) is 10.5. The van der Waals surface area contributed by atoms with Crippen molar-refractivity contribution in [2.75, 3.05) is 46.1 Å². The first kappa shape index (κ1) is 49.8. The fraction of sp³-hybridized carbons (Fsp3) is 0.717. The number of rotatable bonds is 36. The summed E-state index contributed by atoms with van der Waals surface area (Å²) in [5.74, 6) is -1.02. The highest BCUT2D eigenvalue weighted by atomic mass is 16.6. The molecule has 55 heavy (non-hydrogen) atoms. The number of aliphatic hydroxyl groups is 1. The first-order chi connectivity index (χ1) is 27.0. The molecule has 2 N–H and O–H groups in total. The van der Waals surface area contributed by atoms with E-state index < -0.39 is 12.0 Å². The average molecular weight is 771 g/mol. The van der Waals surface area contributed by atoms with Crippen LogP contribution in [0.2, 0.25) is 0 Å². The van der Waals surface area contributed by atoms with Gasteiger partial charge in [-0.25, -0.2) is 4.79 Å². The zero-order valence-corrected chi connectivity index (χ0v) is 34.8. The van der Waals surface area contributed by atoms with Crippen molar-refractivity contribution in [3.05, 3.63) is 60.8 Å². The monoisotopic (exact) mass is 771 g/mol. The van der Waals surface area contributed by atoms with Crippen LogP contribution in [0.5, 0.6) is 0 Å². The number of aliphatic hydroxyl groups excluding tert-OH is 1. The van der Waals surface area contributed by atoms with E-state index in [0.717, 1.165) is 103 Å². The molecule has 0 spiro atoms. The lowest BCUT2D eigenvalue weighted by atomic mass is 10.1. The summed E-state index contributed by atoms with van der Waals surface area (Å²) in [5, 5.41) is 11.9. The van der Waals surface area contributed by atoms with Crippen molar-refractivity contribution >= 4 is 18.0 Å². The van der Waals surface area contributed by atoms with Crippen LogP contribution in [0.15, 0.2) is 60.8 Å². The molecule has 1 amide bonds. The molecule has 0 aromatic heterocycles. The minimum Gasteiger partial charge on any atom is -0.465 e. The van der Waals surface area contributed by atoms with E-state index in [1.165, 1.54) is 25.7 Å². The molecule has 1 aliphatic rings. The number of β-amino-alcohol motifs (C(OH)–C–C–N with tert-alkyl or cyclic N) is 1. The highest BCUT2D eigenvalue weighted by Gasteiger charge is 2.28. The molecular formula is C46H78N2O7. The van der Waals surface area contributed by atoms with E-state index in [0.29, 0.717) is 32.5 Å². The fourth-order valence-corrected chi connectivity index (χ4v) is 6.07. The number of alkyl carbamates (subject to hydrolysis) is 1. The number of allylic oxidation sites excluding steroid dienone is 10. The summed E-state index contributed by atoms with van der Waals surface area (Å²) in [5.41, 5.74) is 0. The zero-order valence-electron chi connectivity index (χ0n) is 34.8. The molecule has 1 fully saturated rings. The second-order valence-electron chi connectivity index (χ2n) is 14.7. The van der Waals surface area contributed by atoms with Crippen LogP contribution in [0.1, 0.15) is 155 Å². The molecule has 0 aliphatic carbocycles. The van der Waals surface area contributed by atoms with Crippen molar-refractivity contribution in [2.45, 2.75) is 161 Å². The van der Waals surface area contributed by atoms with E-state index >= 15 is 0 Å². The van der Waals surface area contributed by atoms with Crippen molar-refractivity contribution in [3.63, 3.8) is 0 Å². The van der Waals surface area contributed by atoms with Crippen LogP contribution in [0, 0.1) is 5.92 Å².